The summed E-state index contributed by atoms with van der Waals surface area (Å²) in [5.41, 5.74) is 11.0. The van der Waals surface area contributed by atoms with Gasteiger partial charge < -0.3 is 15.0 Å². The minimum absolute atomic E-state index is 0.392. The number of nitrogens with two attached hydrogens (primary N) is 1. The predicted molar refractivity (Wildman–Crippen MR) is 118 cm³/mol. The summed E-state index contributed by atoms with van der Waals surface area (Å²) in [6, 6.07) is 16.2. The van der Waals surface area contributed by atoms with Gasteiger partial charge in [-0.05, 0) is 23.6 Å². The topological polar surface area (TPSA) is 66.0 Å². The molecule has 0 atom stereocenters. The van der Waals surface area contributed by atoms with Crippen molar-refractivity contribution in [3.05, 3.63) is 66.0 Å². The van der Waals surface area contributed by atoms with E-state index in [2.05, 4.69) is 58.4 Å². The van der Waals surface area contributed by atoms with Gasteiger partial charge in [0.05, 0.1) is 24.0 Å². The lowest BCUT2D eigenvalue weighted by Gasteiger charge is -2.08. The van der Waals surface area contributed by atoms with Crippen molar-refractivity contribution in [1.29, 1.82) is 0 Å². The fraction of sp³-hybridized carbons (Fsp3) is 0.250. The zero-order valence-corrected chi connectivity index (χ0v) is 16.7. The standard InChI is InChI=1S/C24H24N4O/c1-17(2)19-10-4-3-8-18(19)9-7-14-29-15-13-28-16-26-22-23(28)20-11-5-6-12-21(20)27-24(22)25/h3-6,8,10-12,16-17H,13-15H2,1-2H3,(H2,25,27). The second-order valence-corrected chi connectivity index (χ2v) is 7.25. The third kappa shape index (κ3) is 3.94. The van der Waals surface area contributed by atoms with Crippen LogP contribution in [0, 0.1) is 11.8 Å². The largest absolute Gasteiger partial charge is 0.382 e. The molecule has 0 saturated carbocycles. The molecule has 4 aromatic rings. The molecule has 0 fully saturated rings. The van der Waals surface area contributed by atoms with Crippen molar-refractivity contribution in [2.75, 3.05) is 18.9 Å². The van der Waals surface area contributed by atoms with E-state index >= 15 is 0 Å². The second kappa shape index (κ2) is 8.34. The molecule has 5 heteroatoms. The number of anilines is 1. The van der Waals surface area contributed by atoms with Crippen LogP contribution in [0.1, 0.15) is 30.9 Å². The van der Waals surface area contributed by atoms with Gasteiger partial charge in [0.1, 0.15) is 12.1 Å². The van der Waals surface area contributed by atoms with E-state index in [1.807, 2.05) is 30.3 Å². The number of hydrogen-bond acceptors (Lipinski definition) is 4. The van der Waals surface area contributed by atoms with E-state index in [0.29, 0.717) is 31.5 Å². The Labute approximate surface area is 170 Å². The highest BCUT2D eigenvalue weighted by Gasteiger charge is 2.11. The number of imidazole rings is 1. The predicted octanol–water partition coefficient (Wildman–Crippen LogP) is 4.36. The minimum Gasteiger partial charge on any atom is -0.382 e. The molecule has 29 heavy (non-hydrogen) atoms. The van der Waals surface area contributed by atoms with Gasteiger partial charge in [-0.15, -0.1) is 0 Å². The summed E-state index contributed by atoms with van der Waals surface area (Å²) in [7, 11) is 0. The Bertz CT molecular complexity index is 1210. The highest BCUT2D eigenvalue weighted by Crippen LogP contribution is 2.26. The third-order valence-corrected chi connectivity index (χ3v) is 4.94. The van der Waals surface area contributed by atoms with Crippen LogP contribution in [0.25, 0.3) is 21.9 Å². The van der Waals surface area contributed by atoms with E-state index in [9.17, 15) is 0 Å². The number of nitrogen functional groups attached to an aromatic ring is 1. The molecule has 5 nitrogen and oxygen atoms in total. The Morgan fingerprint density at radius 2 is 1.90 bits per heavy atom. The second-order valence-electron chi connectivity index (χ2n) is 7.25. The Balaban J connectivity index is 1.43. The van der Waals surface area contributed by atoms with Crippen LogP contribution in [0.2, 0.25) is 0 Å². The van der Waals surface area contributed by atoms with Crippen LogP contribution in [-0.4, -0.2) is 27.7 Å². The van der Waals surface area contributed by atoms with Gasteiger partial charge in [0.15, 0.2) is 5.82 Å². The number of pyridine rings is 1. The molecule has 0 radical (unpaired) electrons. The summed E-state index contributed by atoms with van der Waals surface area (Å²) in [6.45, 7) is 5.97. The molecule has 0 unspecified atom stereocenters. The summed E-state index contributed by atoms with van der Waals surface area (Å²) in [5.74, 6) is 7.26. The van der Waals surface area contributed by atoms with Gasteiger partial charge in [-0.1, -0.05) is 62.1 Å². The highest BCUT2D eigenvalue weighted by atomic mass is 16.5. The first-order chi connectivity index (χ1) is 14.1. The average Bonchev–Trinajstić information content (AvgIpc) is 3.16. The minimum atomic E-state index is 0.392. The van der Waals surface area contributed by atoms with Gasteiger partial charge >= 0.3 is 0 Å². The molecule has 0 amide bonds. The van der Waals surface area contributed by atoms with Crippen molar-refractivity contribution in [3.63, 3.8) is 0 Å². The van der Waals surface area contributed by atoms with Crippen LogP contribution in [-0.2, 0) is 11.3 Å². The van der Waals surface area contributed by atoms with E-state index < -0.39 is 0 Å². The number of benzene rings is 2. The van der Waals surface area contributed by atoms with Crippen LogP contribution >= 0.6 is 0 Å². The number of hydrogen-bond donors (Lipinski definition) is 1. The zero-order valence-electron chi connectivity index (χ0n) is 16.7. The Hall–Kier alpha value is -3.36. The van der Waals surface area contributed by atoms with Crippen LogP contribution < -0.4 is 5.73 Å². The number of nitrogens with zero attached hydrogens (tertiary/aromatic N) is 3. The van der Waals surface area contributed by atoms with Gasteiger partial charge in [0, 0.05) is 17.5 Å². The fourth-order valence-electron chi connectivity index (χ4n) is 3.51. The lowest BCUT2D eigenvalue weighted by atomic mass is 9.98. The number of aromatic nitrogens is 3. The van der Waals surface area contributed by atoms with Crippen LogP contribution in [0.4, 0.5) is 5.82 Å². The Morgan fingerprint density at radius 3 is 2.76 bits per heavy atom. The van der Waals surface area contributed by atoms with Crippen LogP contribution in [0.5, 0.6) is 0 Å². The van der Waals surface area contributed by atoms with Crippen molar-refractivity contribution in [2.24, 2.45) is 0 Å². The molecule has 0 spiro atoms. The molecule has 2 heterocycles. The Kier molecular flexibility index (Phi) is 5.46. The molecule has 0 aliphatic rings. The molecule has 0 saturated heterocycles. The van der Waals surface area contributed by atoms with Crippen LogP contribution in [0.3, 0.4) is 0 Å². The quantitative estimate of drug-likeness (QED) is 0.410. The normalized spacial score (nSPS) is 11.1. The molecule has 0 bridgehead atoms. The molecule has 2 aromatic carbocycles. The lowest BCUT2D eigenvalue weighted by molar-refractivity contribution is 0.158. The molecule has 2 aromatic heterocycles. The summed E-state index contributed by atoms with van der Waals surface area (Å²) in [6.07, 6.45) is 1.79. The first kappa shape index (κ1) is 19.0. The molecular formula is C24H24N4O. The molecule has 146 valence electrons. The monoisotopic (exact) mass is 384 g/mol. The van der Waals surface area contributed by atoms with Gasteiger partial charge in [0.2, 0.25) is 0 Å². The third-order valence-electron chi connectivity index (χ3n) is 4.94. The van der Waals surface area contributed by atoms with E-state index in [1.54, 1.807) is 6.33 Å². The van der Waals surface area contributed by atoms with Gasteiger partial charge in [0.25, 0.3) is 0 Å². The molecule has 2 N–H and O–H groups in total. The van der Waals surface area contributed by atoms with E-state index in [1.165, 1.54) is 5.56 Å². The maximum Gasteiger partial charge on any atom is 0.152 e. The number of ether oxygens (including phenoxy) is 1. The van der Waals surface area contributed by atoms with E-state index in [4.69, 9.17) is 10.5 Å². The van der Waals surface area contributed by atoms with Crippen molar-refractivity contribution < 1.29 is 4.74 Å². The molecular weight excluding hydrogens is 360 g/mol. The van der Waals surface area contributed by atoms with Crippen molar-refractivity contribution >= 4 is 27.8 Å². The highest BCUT2D eigenvalue weighted by molar-refractivity contribution is 6.06. The summed E-state index contributed by atoms with van der Waals surface area (Å²) < 4.78 is 7.82. The van der Waals surface area contributed by atoms with Gasteiger partial charge in [-0.25, -0.2) is 9.97 Å². The van der Waals surface area contributed by atoms with Crippen molar-refractivity contribution in [2.45, 2.75) is 26.3 Å². The van der Waals surface area contributed by atoms with Gasteiger partial charge in [-0.2, -0.15) is 0 Å². The van der Waals surface area contributed by atoms with E-state index in [-0.39, 0.29) is 0 Å². The smallest absolute Gasteiger partial charge is 0.152 e. The number of fused-ring (bicyclic) bond motifs is 3. The SMILES string of the molecule is CC(C)c1ccccc1C#CCOCCn1cnc2c(N)nc3ccccc3c21. The first-order valence-electron chi connectivity index (χ1n) is 9.79. The summed E-state index contributed by atoms with van der Waals surface area (Å²) in [5, 5.41) is 1.04. The maximum atomic E-state index is 6.08. The summed E-state index contributed by atoms with van der Waals surface area (Å²) >= 11 is 0. The van der Waals surface area contributed by atoms with Gasteiger partial charge in [-0.3, -0.25) is 0 Å². The first-order valence-corrected chi connectivity index (χ1v) is 9.79. The van der Waals surface area contributed by atoms with Crippen LogP contribution in [0.15, 0.2) is 54.9 Å². The fourth-order valence-corrected chi connectivity index (χ4v) is 3.51. The average molecular weight is 384 g/mol. The Morgan fingerprint density at radius 1 is 1.10 bits per heavy atom. The van der Waals surface area contributed by atoms with Crippen molar-refractivity contribution in [3.8, 4) is 11.8 Å². The molecule has 0 aliphatic carbocycles. The maximum absolute atomic E-state index is 6.08. The van der Waals surface area contributed by atoms with Crippen molar-refractivity contribution in [1.82, 2.24) is 14.5 Å². The number of para-hydroxylation sites is 1. The number of rotatable bonds is 5. The summed E-state index contributed by atoms with van der Waals surface area (Å²) in [4.78, 5) is 8.88. The lowest BCUT2D eigenvalue weighted by Crippen LogP contribution is -2.06. The van der Waals surface area contributed by atoms with E-state index in [0.717, 1.165) is 27.5 Å². The molecule has 4 rings (SSSR count). The zero-order chi connectivity index (χ0) is 20.2. The molecule has 0 aliphatic heterocycles.